The number of allylic oxidation sites excluding steroid dienone is 4. The first-order valence-electron chi connectivity index (χ1n) is 9.81. The van der Waals surface area contributed by atoms with Gasteiger partial charge in [0.05, 0.1) is 6.61 Å². The molecule has 0 amide bonds. The van der Waals surface area contributed by atoms with Crippen LogP contribution in [-0.2, 0) is 6.61 Å². The lowest BCUT2D eigenvalue weighted by atomic mass is 9.57. The zero-order chi connectivity index (χ0) is 18.1. The molecule has 1 aliphatic heterocycles. The van der Waals surface area contributed by atoms with Gasteiger partial charge in [0.15, 0.2) is 0 Å². The summed E-state index contributed by atoms with van der Waals surface area (Å²) in [5, 5.41) is 19.3. The van der Waals surface area contributed by atoms with Crippen molar-refractivity contribution in [2.75, 3.05) is 13.6 Å². The smallest absolute Gasteiger partial charge is 0.147 e. The summed E-state index contributed by atoms with van der Waals surface area (Å²) >= 11 is 1.49. The largest absolute Gasteiger partial charge is 0.389 e. The number of piperidine rings is 1. The summed E-state index contributed by atoms with van der Waals surface area (Å²) in [5.41, 5.74) is 2.76. The normalized spacial score (nSPS) is 36.1. The van der Waals surface area contributed by atoms with Crippen molar-refractivity contribution in [2.24, 2.45) is 11.3 Å². The molecule has 1 unspecified atom stereocenters. The molecular formula is C21H29N3OS. The second-order valence-corrected chi connectivity index (χ2v) is 9.29. The Balaban J connectivity index is 1.72. The summed E-state index contributed by atoms with van der Waals surface area (Å²) in [6, 6.07) is 0.624. The Morgan fingerprint density at radius 1 is 1.31 bits per heavy atom. The van der Waals surface area contributed by atoms with Crippen LogP contribution in [0.25, 0.3) is 5.57 Å². The summed E-state index contributed by atoms with van der Waals surface area (Å²) < 4.78 is 0. The first-order valence-corrected chi connectivity index (χ1v) is 10.6. The number of likely N-dealkylation sites (tertiary alicyclic amines) is 1. The second kappa shape index (κ2) is 7.37. The quantitative estimate of drug-likeness (QED) is 0.846. The van der Waals surface area contributed by atoms with E-state index in [1.54, 1.807) is 0 Å². The van der Waals surface area contributed by atoms with E-state index in [0.717, 1.165) is 29.3 Å². The van der Waals surface area contributed by atoms with E-state index in [0.29, 0.717) is 16.5 Å². The third-order valence-corrected chi connectivity index (χ3v) is 7.72. The van der Waals surface area contributed by atoms with Gasteiger partial charge in [-0.05, 0) is 57.0 Å². The number of aromatic nitrogens is 2. The first-order chi connectivity index (χ1) is 12.6. The monoisotopic (exact) mass is 371 g/mol. The van der Waals surface area contributed by atoms with Crippen LogP contribution in [0.15, 0.2) is 30.4 Å². The molecule has 0 aromatic carbocycles. The van der Waals surface area contributed by atoms with Crippen LogP contribution in [0.1, 0.15) is 55.0 Å². The first kappa shape index (κ1) is 18.1. The van der Waals surface area contributed by atoms with Crippen molar-refractivity contribution in [1.82, 2.24) is 15.1 Å². The molecule has 1 aromatic rings. The molecule has 1 saturated carbocycles. The number of hydrogen-bond donors (Lipinski definition) is 1. The third-order valence-electron chi connectivity index (χ3n) is 6.77. The fourth-order valence-electron chi connectivity index (χ4n) is 5.29. The SMILES string of the molecule is C=C1/C=C\C(c2nnc(CO)s2)=C/C[C@]23CCCCC2[C@H](C1)N(C)CC3. The summed E-state index contributed by atoms with van der Waals surface area (Å²) in [7, 11) is 2.30. The van der Waals surface area contributed by atoms with Gasteiger partial charge in [0.2, 0.25) is 0 Å². The molecule has 1 N–H and O–H groups in total. The van der Waals surface area contributed by atoms with E-state index in [1.807, 2.05) is 0 Å². The number of rotatable bonds is 2. The van der Waals surface area contributed by atoms with Crippen molar-refractivity contribution >= 4 is 16.9 Å². The molecule has 140 valence electrons. The maximum absolute atomic E-state index is 9.32. The number of nitrogens with zero attached hydrogens (tertiary/aromatic N) is 3. The lowest BCUT2D eigenvalue weighted by Crippen LogP contribution is -2.54. The lowest BCUT2D eigenvalue weighted by molar-refractivity contribution is -0.0347. The molecule has 2 heterocycles. The lowest BCUT2D eigenvalue weighted by Gasteiger charge is -2.55. The molecule has 0 spiro atoms. The van der Waals surface area contributed by atoms with Gasteiger partial charge in [-0.2, -0.15) is 0 Å². The third kappa shape index (κ3) is 3.32. The minimum Gasteiger partial charge on any atom is -0.389 e. The minimum atomic E-state index is -0.0403. The Morgan fingerprint density at radius 2 is 2.19 bits per heavy atom. The molecule has 4 rings (SSSR count). The van der Waals surface area contributed by atoms with Gasteiger partial charge >= 0.3 is 0 Å². The van der Waals surface area contributed by atoms with Gasteiger partial charge in [-0.1, -0.05) is 54.6 Å². The van der Waals surface area contributed by atoms with Gasteiger partial charge in [-0.3, -0.25) is 0 Å². The van der Waals surface area contributed by atoms with Crippen molar-refractivity contribution in [3.63, 3.8) is 0 Å². The molecule has 2 fully saturated rings. The summed E-state index contributed by atoms with van der Waals surface area (Å²) in [4.78, 5) is 2.58. The zero-order valence-electron chi connectivity index (χ0n) is 15.7. The summed E-state index contributed by atoms with van der Waals surface area (Å²) in [6.07, 6.45) is 15.6. The van der Waals surface area contributed by atoms with E-state index < -0.39 is 0 Å². The highest BCUT2D eigenvalue weighted by molar-refractivity contribution is 7.12. The van der Waals surface area contributed by atoms with Crippen LogP contribution in [-0.4, -0.2) is 39.8 Å². The highest BCUT2D eigenvalue weighted by atomic mass is 32.1. The molecule has 1 saturated heterocycles. The number of aliphatic hydroxyl groups excluding tert-OH is 1. The molecule has 1 aromatic heterocycles. The van der Waals surface area contributed by atoms with Crippen molar-refractivity contribution < 1.29 is 5.11 Å². The maximum atomic E-state index is 9.32. The molecule has 0 radical (unpaired) electrons. The molecular weight excluding hydrogens is 342 g/mol. The minimum absolute atomic E-state index is 0.0403. The van der Waals surface area contributed by atoms with E-state index in [4.69, 9.17) is 0 Å². The molecule has 26 heavy (non-hydrogen) atoms. The van der Waals surface area contributed by atoms with E-state index in [1.165, 1.54) is 55.6 Å². The fraction of sp³-hybridized carbons (Fsp3) is 0.619. The maximum Gasteiger partial charge on any atom is 0.147 e. The molecule has 5 heteroatoms. The average Bonchev–Trinajstić information content (AvgIpc) is 3.13. The van der Waals surface area contributed by atoms with E-state index in [9.17, 15) is 5.11 Å². The Bertz CT molecular complexity index is 737. The Hall–Kier alpha value is -1.30. The van der Waals surface area contributed by atoms with Crippen LogP contribution < -0.4 is 0 Å². The number of aliphatic hydroxyl groups is 1. The highest BCUT2D eigenvalue weighted by Gasteiger charge is 2.47. The Labute approximate surface area is 160 Å². The molecule has 3 atom stereocenters. The van der Waals surface area contributed by atoms with Gasteiger partial charge < -0.3 is 10.0 Å². The topological polar surface area (TPSA) is 49.3 Å². The van der Waals surface area contributed by atoms with Crippen molar-refractivity contribution in [3.05, 3.63) is 40.4 Å². The van der Waals surface area contributed by atoms with Crippen LogP contribution >= 0.6 is 11.3 Å². The van der Waals surface area contributed by atoms with Crippen LogP contribution in [0.5, 0.6) is 0 Å². The molecule has 3 aliphatic rings. The van der Waals surface area contributed by atoms with E-state index in [-0.39, 0.29) is 6.61 Å². The standard InChI is InChI=1S/C21H29N3OS/c1-15-6-7-16(20-23-22-19(14-25)26-20)8-10-21-9-4-3-5-17(21)18(13-15)24(2)12-11-21/h6-8,17-18,25H,1,3-5,9-14H2,2H3/b7-6-,16-8+/t17?,18-,21-/m0/s1. The van der Waals surface area contributed by atoms with Crippen LogP contribution in [0.3, 0.4) is 0 Å². The van der Waals surface area contributed by atoms with Crippen LogP contribution in [0.2, 0.25) is 0 Å². The Kier molecular flexibility index (Phi) is 5.13. The zero-order valence-corrected chi connectivity index (χ0v) is 16.5. The van der Waals surface area contributed by atoms with Gasteiger partial charge in [0, 0.05) is 11.6 Å². The van der Waals surface area contributed by atoms with Gasteiger partial charge in [0.25, 0.3) is 0 Å². The van der Waals surface area contributed by atoms with Crippen LogP contribution in [0.4, 0.5) is 0 Å². The molecule has 2 bridgehead atoms. The summed E-state index contributed by atoms with van der Waals surface area (Å²) in [5.74, 6) is 0.762. The van der Waals surface area contributed by atoms with Crippen LogP contribution in [0, 0.1) is 11.3 Å². The summed E-state index contributed by atoms with van der Waals surface area (Å²) in [6.45, 7) is 5.49. The van der Waals surface area contributed by atoms with Crippen molar-refractivity contribution in [2.45, 2.75) is 57.6 Å². The van der Waals surface area contributed by atoms with E-state index in [2.05, 4.69) is 47.0 Å². The van der Waals surface area contributed by atoms with Gasteiger partial charge in [-0.15, -0.1) is 10.2 Å². The predicted octanol–water partition coefficient (Wildman–Crippen LogP) is 4.20. The van der Waals surface area contributed by atoms with Crippen molar-refractivity contribution in [3.8, 4) is 0 Å². The van der Waals surface area contributed by atoms with Gasteiger partial charge in [0.1, 0.15) is 10.0 Å². The van der Waals surface area contributed by atoms with Gasteiger partial charge in [-0.25, -0.2) is 0 Å². The van der Waals surface area contributed by atoms with Crippen molar-refractivity contribution in [1.29, 1.82) is 0 Å². The highest BCUT2D eigenvalue weighted by Crippen LogP contribution is 2.53. The fourth-order valence-corrected chi connectivity index (χ4v) is 6.01. The Morgan fingerprint density at radius 3 is 3.00 bits per heavy atom. The average molecular weight is 372 g/mol. The predicted molar refractivity (Wildman–Crippen MR) is 107 cm³/mol. The molecule has 2 aliphatic carbocycles. The molecule has 4 nitrogen and oxygen atoms in total. The number of hydrogen-bond acceptors (Lipinski definition) is 5. The second-order valence-electron chi connectivity index (χ2n) is 8.23. The van der Waals surface area contributed by atoms with E-state index >= 15 is 0 Å².